The van der Waals surface area contributed by atoms with E-state index < -0.39 is 12.1 Å². The Bertz CT molecular complexity index is 1090. The first kappa shape index (κ1) is 18.5. The number of carbonyl (C=O) groups is 3. The van der Waals surface area contributed by atoms with Gasteiger partial charge in [0.15, 0.2) is 5.78 Å². The second-order valence-corrected chi connectivity index (χ2v) is 7.59. The molecule has 1 saturated heterocycles. The van der Waals surface area contributed by atoms with E-state index in [1.807, 2.05) is 42.5 Å². The maximum Gasteiger partial charge on any atom is 0.365 e. The highest BCUT2D eigenvalue weighted by Gasteiger charge is 2.53. The topological polar surface area (TPSA) is 73.1 Å². The molecular weight excluding hydrogens is 424 g/mol. The third-order valence-electron chi connectivity index (χ3n) is 4.96. The van der Waals surface area contributed by atoms with E-state index in [-0.39, 0.29) is 24.8 Å². The fraction of sp³-hybridized carbons (Fsp3) is 0.250. The molecule has 0 saturated carbocycles. The van der Waals surface area contributed by atoms with E-state index in [1.165, 1.54) is 16.7 Å². The Morgan fingerprint density at radius 3 is 2.64 bits per heavy atom. The van der Waals surface area contributed by atoms with Crippen molar-refractivity contribution < 1.29 is 19.0 Å². The lowest BCUT2D eigenvalue weighted by Gasteiger charge is -2.33. The number of amides is 3. The average Bonchev–Trinajstić information content (AvgIpc) is 2.99. The highest BCUT2D eigenvalue weighted by molar-refractivity contribution is 9.18. The van der Waals surface area contributed by atoms with Crippen LogP contribution in [0.25, 0.3) is 10.8 Å². The minimum absolute atomic E-state index is 0.0358. The van der Waals surface area contributed by atoms with E-state index in [1.54, 1.807) is 11.6 Å². The van der Waals surface area contributed by atoms with Gasteiger partial charge in [0.2, 0.25) is 0 Å². The van der Waals surface area contributed by atoms with Crippen molar-refractivity contribution in [3.05, 3.63) is 48.0 Å². The smallest absolute Gasteiger partial charge is 0.296 e. The Morgan fingerprint density at radius 1 is 1.18 bits per heavy atom. The summed E-state index contributed by atoms with van der Waals surface area (Å²) in [6.07, 6.45) is 0. The van der Waals surface area contributed by atoms with Crippen LogP contribution in [0, 0.1) is 0 Å². The van der Waals surface area contributed by atoms with Gasteiger partial charge in [-0.05, 0) is 28.3 Å². The zero-order chi connectivity index (χ0) is 20.0. The van der Waals surface area contributed by atoms with E-state index >= 15 is 0 Å². The Hall–Kier alpha value is -2.87. The van der Waals surface area contributed by atoms with E-state index in [0.29, 0.717) is 10.6 Å². The van der Waals surface area contributed by atoms with E-state index in [9.17, 15) is 14.4 Å². The Morgan fingerprint density at radius 2 is 1.89 bits per heavy atom. The Labute approximate surface area is 170 Å². The molecule has 1 fully saturated rings. The van der Waals surface area contributed by atoms with Crippen molar-refractivity contribution in [3.63, 3.8) is 0 Å². The largest absolute Gasteiger partial charge is 0.365 e. The predicted molar refractivity (Wildman–Crippen MR) is 109 cm³/mol. The van der Waals surface area contributed by atoms with Gasteiger partial charge in [-0.25, -0.2) is 9.37 Å². The molecule has 2 aromatic rings. The van der Waals surface area contributed by atoms with Crippen molar-refractivity contribution >= 4 is 55.0 Å². The molecule has 3 amide bonds. The molecule has 0 spiro atoms. The van der Waals surface area contributed by atoms with Crippen LogP contribution in [0.3, 0.4) is 0 Å². The van der Waals surface area contributed by atoms with Gasteiger partial charge in [-0.2, -0.15) is 0 Å². The Kier molecular flexibility index (Phi) is 4.58. The monoisotopic (exact) mass is 441 g/mol. The number of likely N-dealkylation sites (N-methyl/N-ethyl adjacent to an activating group) is 1. The van der Waals surface area contributed by atoms with Crippen LogP contribution in [0.4, 0.5) is 4.79 Å². The second kappa shape index (κ2) is 6.94. The number of hydrogen-bond donors (Lipinski definition) is 0. The number of carbonyl (C=O) groups excluding carboxylic acids is 3. The third kappa shape index (κ3) is 2.93. The quantitative estimate of drug-likeness (QED) is 0.539. The van der Waals surface area contributed by atoms with E-state index in [4.69, 9.17) is 0 Å². The molecule has 0 radical (unpaired) electrons. The van der Waals surface area contributed by atoms with Gasteiger partial charge in [0, 0.05) is 7.05 Å². The van der Waals surface area contributed by atoms with Gasteiger partial charge in [0.25, 0.3) is 17.8 Å². The number of benzene rings is 2. The van der Waals surface area contributed by atoms with E-state index in [2.05, 4.69) is 20.9 Å². The summed E-state index contributed by atoms with van der Waals surface area (Å²) >= 11 is 3.31. The number of ketones is 1. The van der Waals surface area contributed by atoms with Crippen LogP contribution >= 0.6 is 15.9 Å². The number of amidine groups is 2. The first-order valence-corrected chi connectivity index (χ1v) is 9.60. The summed E-state index contributed by atoms with van der Waals surface area (Å²) in [5, 5.41) is 2.04. The van der Waals surface area contributed by atoms with Crippen molar-refractivity contribution in [1.82, 2.24) is 9.80 Å². The zero-order valence-electron chi connectivity index (χ0n) is 15.4. The molecule has 1 unspecified atom stereocenters. The number of Topliss-reactive ketones (excluding diaryl/α,β-unsaturated/α-hetero) is 1. The molecule has 0 bridgehead atoms. The van der Waals surface area contributed by atoms with Crippen LogP contribution in [0.15, 0.2) is 47.5 Å². The molecule has 4 rings (SSSR count). The first-order chi connectivity index (χ1) is 13.4. The predicted octanol–water partition coefficient (Wildman–Crippen LogP) is 2.37. The van der Waals surface area contributed by atoms with Crippen LogP contribution in [0.2, 0.25) is 0 Å². The highest BCUT2D eigenvalue weighted by atomic mass is 79.9. The first-order valence-electron chi connectivity index (χ1n) is 8.81. The summed E-state index contributed by atoms with van der Waals surface area (Å²) in [5.74, 6) is -0.149. The number of urea groups is 1. The molecule has 7 nitrogen and oxygen atoms in total. The van der Waals surface area contributed by atoms with Crippen LogP contribution in [-0.2, 0) is 16.1 Å². The number of nitrogens with zero attached hydrogens (tertiary/aromatic N) is 4. The zero-order valence-corrected chi connectivity index (χ0v) is 17.0. The summed E-state index contributed by atoms with van der Waals surface area (Å²) in [6, 6.07) is 12.4. The van der Waals surface area contributed by atoms with Crippen molar-refractivity contribution in [2.45, 2.75) is 19.5 Å². The molecule has 0 aromatic heterocycles. The average molecular weight is 442 g/mol. The van der Waals surface area contributed by atoms with Crippen LogP contribution < -0.4 is 0 Å². The summed E-state index contributed by atoms with van der Waals surface area (Å²) in [5.41, 5.74) is 0.882. The second-order valence-electron chi connectivity index (χ2n) is 6.88. The van der Waals surface area contributed by atoms with Gasteiger partial charge in [-0.15, -0.1) is 0 Å². The molecule has 2 heterocycles. The molecule has 0 N–H and O–H groups in total. The lowest BCUT2D eigenvalue weighted by atomic mass is 10.0. The normalized spacial score (nSPS) is 19.4. The number of imide groups is 1. The number of rotatable bonds is 4. The molecule has 142 valence electrons. The summed E-state index contributed by atoms with van der Waals surface area (Å²) in [7, 11) is 1.59. The lowest BCUT2D eigenvalue weighted by molar-refractivity contribution is -0.521. The summed E-state index contributed by atoms with van der Waals surface area (Å²) < 4.78 is 1.96. The van der Waals surface area contributed by atoms with Gasteiger partial charge < -0.3 is 0 Å². The van der Waals surface area contributed by atoms with Crippen LogP contribution in [-0.4, -0.2) is 62.3 Å². The van der Waals surface area contributed by atoms with E-state index in [0.717, 1.165) is 16.3 Å². The molecule has 1 atom stereocenters. The molecule has 8 heteroatoms. The SMILES string of the molecule is CC(=O)C[N+]1=C(Br)N=C2C1C(=O)N(Cc1cccc3ccccc13)C(=O)N2C. The number of hydrogen-bond acceptors (Lipinski definition) is 4. The van der Waals surface area contributed by atoms with Crippen LogP contribution in [0.1, 0.15) is 12.5 Å². The minimum atomic E-state index is -0.795. The maximum atomic E-state index is 13.3. The van der Waals surface area contributed by atoms with Crippen molar-refractivity contribution in [2.24, 2.45) is 4.99 Å². The van der Waals surface area contributed by atoms with Gasteiger partial charge in [0.05, 0.1) is 22.5 Å². The van der Waals surface area contributed by atoms with Gasteiger partial charge in [-0.3, -0.25) is 19.4 Å². The summed E-state index contributed by atoms with van der Waals surface area (Å²) in [6.45, 7) is 1.64. The standard InChI is InChI=1S/C20H18BrN4O3/c1-12(26)10-24-16-17(22-19(24)21)23(2)20(28)25(18(16)27)11-14-8-5-7-13-6-3-4-9-15(13)14/h3-9,16H,10-11H2,1-2H3/q+1. The van der Waals surface area contributed by atoms with Crippen LogP contribution in [0.5, 0.6) is 0 Å². The molecule has 28 heavy (non-hydrogen) atoms. The van der Waals surface area contributed by atoms with Crippen molar-refractivity contribution in [3.8, 4) is 0 Å². The van der Waals surface area contributed by atoms with Crippen molar-refractivity contribution in [2.75, 3.05) is 13.6 Å². The molecule has 2 aromatic carbocycles. The van der Waals surface area contributed by atoms with Gasteiger partial charge >= 0.3 is 10.8 Å². The third-order valence-corrected chi connectivity index (χ3v) is 5.60. The molecule has 2 aliphatic rings. The Balaban J connectivity index is 1.72. The fourth-order valence-corrected chi connectivity index (χ4v) is 4.14. The van der Waals surface area contributed by atoms with Gasteiger partial charge in [0.1, 0.15) is 6.54 Å². The number of fused-ring (bicyclic) bond motifs is 2. The summed E-state index contributed by atoms with van der Waals surface area (Å²) in [4.78, 5) is 44.7. The molecular formula is C20H18BrN4O3+. The molecule has 0 aliphatic carbocycles. The minimum Gasteiger partial charge on any atom is -0.296 e. The highest BCUT2D eigenvalue weighted by Crippen LogP contribution is 2.25. The number of halogens is 1. The lowest BCUT2D eigenvalue weighted by Crippen LogP contribution is -2.62. The number of aliphatic imine (C=N–C) groups is 1. The van der Waals surface area contributed by atoms with Crippen molar-refractivity contribution in [1.29, 1.82) is 0 Å². The fourth-order valence-electron chi connectivity index (χ4n) is 3.63. The maximum absolute atomic E-state index is 13.3. The van der Waals surface area contributed by atoms with Gasteiger partial charge in [-0.1, -0.05) is 42.5 Å². The molecule has 2 aliphatic heterocycles.